The molecule has 1 aliphatic rings. The summed E-state index contributed by atoms with van der Waals surface area (Å²) in [7, 11) is -3.33. The van der Waals surface area contributed by atoms with Crippen LogP contribution in [-0.4, -0.2) is 21.0 Å². The van der Waals surface area contributed by atoms with Crippen molar-refractivity contribution in [3.05, 3.63) is 29.8 Å². The molecule has 4 nitrogen and oxygen atoms in total. The van der Waals surface area contributed by atoms with Gasteiger partial charge in [-0.1, -0.05) is 26.0 Å². The minimum atomic E-state index is -3.33. The zero-order chi connectivity index (χ0) is 13.9. The van der Waals surface area contributed by atoms with Crippen LogP contribution in [0.15, 0.2) is 29.2 Å². The lowest BCUT2D eigenvalue weighted by atomic mass is 10.2. The van der Waals surface area contributed by atoms with Gasteiger partial charge in [-0.05, 0) is 36.5 Å². The highest BCUT2D eigenvalue weighted by Gasteiger charge is 2.24. The van der Waals surface area contributed by atoms with Crippen molar-refractivity contribution in [1.82, 2.24) is 10.0 Å². The second-order valence-corrected chi connectivity index (χ2v) is 7.24. The van der Waals surface area contributed by atoms with Crippen molar-refractivity contribution in [1.29, 1.82) is 0 Å². The van der Waals surface area contributed by atoms with Gasteiger partial charge in [0, 0.05) is 19.1 Å². The lowest BCUT2D eigenvalue weighted by molar-refractivity contribution is 0.576. The molecule has 5 heteroatoms. The Morgan fingerprint density at radius 3 is 2.37 bits per heavy atom. The SMILES string of the molecule is CC(C)NCc1ccc(S(=O)(=O)NCC2CC2)cc1. The van der Waals surface area contributed by atoms with Crippen LogP contribution in [0.5, 0.6) is 0 Å². The first-order valence-corrected chi connectivity index (χ1v) is 8.27. The van der Waals surface area contributed by atoms with E-state index < -0.39 is 10.0 Å². The van der Waals surface area contributed by atoms with E-state index in [0.717, 1.165) is 24.9 Å². The van der Waals surface area contributed by atoms with Crippen molar-refractivity contribution in [3.8, 4) is 0 Å². The van der Waals surface area contributed by atoms with E-state index in [1.54, 1.807) is 12.1 Å². The van der Waals surface area contributed by atoms with Crippen LogP contribution in [0.2, 0.25) is 0 Å². The molecule has 0 atom stereocenters. The van der Waals surface area contributed by atoms with Gasteiger partial charge >= 0.3 is 0 Å². The molecule has 0 spiro atoms. The topological polar surface area (TPSA) is 58.2 Å². The molecular weight excluding hydrogens is 260 g/mol. The lowest BCUT2D eigenvalue weighted by Gasteiger charge is -2.09. The van der Waals surface area contributed by atoms with Crippen molar-refractivity contribution >= 4 is 10.0 Å². The van der Waals surface area contributed by atoms with Crippen LogP contribution in [0.3, 0.4) is 0 Å². The Hall–Kier alpha value is -0.910. The van der Waals surface area contributed by atoms with Crippen LogP contribution in [0.1, 0.15) is 32.3 Å². The normalized spacial score (nSPS) is 15.9. The van der Waals surface area contributed by atoms with Gasteiger partial charge in [0.25, 0.3) is 0 Å². The number of nitrogens with one attached hydrogen (secondary N) is 2. The van der Waals surface area contributed by atoms with Gasteiger partial charge < -0.3 is 5.32 Å². The van der Waals surface area contributed by atoms with E-state index in [1.807, 2.05) is 12.1 Å². The Balaban J connectivity index is 1.95. The van der Waals surface area contributed by atoms with Crippen LogP contribution < -0.4 is 10.0 Å². The molecule has 19 heavy (non-hydrogen) atoms. The summed E-state index contributed by atoms with van der Waals surface area (Å²) in [6, 6.07) is 7.49. The molecule has 0 heterocycles. The third-order valence-corrected chi connectivity index (χ3v) is 4.65. The average Bonchev–Trinajstić information content (AvgIpc) is 3.18. The Morgan fingerprint density at radius 2 is 1.84 bits per heavy atom. The molecule has 0 saturated heterocycles. The molecule has 1 fully saturated rings. The predicted octanol–water partition coefficient (Wildman–Crippen LogP) is 1.87. The fourth-order valence-corrected chi connectivity index (χ4v) is 2.86. The number of rotatable bonds is 7. The summed E-state index contributed by atoms with van der Waals surface area (Å²) < 4.78 is 26.7. The maximum Gasteiger partial charge on any atom is 0.240 e. The summed E-state index contributed by atoms with van der Waals surface area (Å²) in [4.78, 5) is 0.349. The van der Waals surface area contributed by atoms with Crippen molar-refractivity contribution < 1.29 is 8.42 Å². The first-order valence-electron chi connectivity index (χ1n) is 6.79. The third-order valence-electron chi connectivity index (χ3n) is 3.21. The number of hydrogen-bond donors (Lipinski definition) is 2. The fraction of sp³-hybridized carbons (Fsp3) is 0.571. The summed E-state index contributed by atoms with van der Waals surface area (Å²) in [5.41, 5.74) is 1.09. The summed E-state index contributed by atoms with van der Waals surface area (Å²) in [6.45, 7) is 5.49. The van der Waals surface area contributed by atoms with Crippen molar-refractivity contribution in [2.45, 2.75) is 44.2 Å². The fourth-order valence-electron chi connectivity index (χ4n) is 1.74. The minimum Gasteiger partial charge on any atom is -0.310 e. The molecule has 1 aliphatic carbocycles. The van der Waals surface area contributed by atoms with Crippen LogP contribution in [0.25, 0.3) is 0 Å². The van der Waals surface area contributed by atoms with Crippen LogP contribution in [0.4, 0.5) is 0 Å². The van der Waals surface area contributed by atoms with E-state index in [1.165, 1.54) is 0 Å². The molecule has 1 aromatic rings. The number of hydrogen-bond acceptors (Lipinski definition) is 3. The molecule has 0 amide bonds. The van der Waals surface area contributed by atoms with Gasteiger partial charge in [0.1, 0.15) is 0 Å². The van der Waals surface area contributed by atoms with Gasteiger partial charge in [0.05, 0.1) is 4.90 Å². The van der Waals surface area contributed by atoms with Crippen LogP contribution in [-0.2, 0) is 16.6 Å². The van der Waals surface area contributed by atoms with E-state index in [0.29, 0.717) is 23.4 Å². The van der Waals surface area contributed by atoms with Crippen molar-refractivity contribution in [2.75, 3.05) is 6.54 Å². The smallest absolute Gasteiger partial charge is 0.240 e. The maximum atomic E-state index is 12.0. The molecule has 0 radical (unpaired) electrons. The van der Waals surface area contributed by atoms with Crippen LogP contribution >= 0.6 is 0 Å². The van der Waals surface area contributed by atoms with E-state index in [4.69, 9.17) is 0 Å². The Bertz CT molecular complexity index is 505. The first-order chi connectivity index (χ1) is 8.97. The van der Waals surface area contributed by atoms with E-state index in [9.17, 15) is 8.42 Å². The number of sulfonamides is 1. The third kappa shape index (κ3) is 4.60. The Labute approximate surface area is 115 Å². The minimum absolute atomic E-state index is 0.349. The molecule has 1 aromatic carbocycles. The zero-order valence-corrected chi connectivity index (χ0v) is 12.3. The largest absolute Gasteiger partial charge is 0.310 e. The van der Waals surface area contributed by atoms with E-state index >= 15 is 0 Å². The first kappa shape index (κ1) is 14.5. The molecule has 2 N–H and O–H groups in total. The highest BCUT2D eigenvalue weighted by Crippen LogP contribution is 2.28. The molecule has 0 aliphatic heterocycles. The lowest BCUT2D eigenvalue weighted by Crippen LogP contribution is -2.26. The predicted molar refractivity (Wildman–Crippen MR) is 76.3 cm³/mol. The van der Waals surface area contributed by atoms with Gasteiger partial charge in [0.15, 0.2) is 0 Å². The van der Waals surface area contributed by atoms with Gasteiger partial charge in [0.2, 0.25) is 10.0 Å². The second kappa shape index (κ2) is 6.03. The Morgan fingerprint density at radius 1 is 1.21 bits per heavy atom. The average molecular weight is 282 g/mol. The maximum absolute atomic E-state index is 12.0. The molecule has 0 bridgehead atoms. The monoisotopic (exact) mass is 282 g/mol. The number of benzene rings is 1. The zero-order valence-electron chi connectivity index (χ0n) is 11.5. The molecule has 0 unspecified atom stereocenters. The highest BCUT2D eigenvalue weighted by atomic mass is 32.2. The standard InChI is InChI=1S/C14H22N2O2S/c1-11(2)15-9-12-5-7-14(8-6-12)19(17,18)16-10-13-3-4-13/h5-8,11,13,15-16H,3-4,9-10H2,1-2H3. The van der Waals surface area contributed by atoms with E-state index in [-0.39, 0.29) is 0 Å². The van der Waals surface area contributed by atoms with Crippen molar-refractivity contribution in [3.63, 3.8) is 0 Å². The quantitative estimate of drug-likeness (QED) is 0.802. The van der Waals surface area contributed by atoms with Crippen molar-refractivity contribution in [2.24, 2.45) is 5.92 Å². The summed E-state index contributed by atoms with van der Waals surface area (Å²) in [6.07, 6.45) is 2.28. The van der Waals surface area contributed by atoms with Crippen LogP contribution in [0, 0.1) is 5.92 Å². The second-order valence-electron chi connectivity index (χ2n) is 5.47. The molecule has 0 aromatic heterocycles. The molecule has 106 valence electrons. The van der Waals surface area contributed by atoms with E-state index in [2.05, 4.69) is 23.9 Å². The Kier molecular flexibility index (Phi) is 4.60. The molecular formula is C14H22N2O2S. The summed E-state index contributed by atoms with van der Waals surface area (Å²) >= 11 is 0. The summed E-state index contributed by atoms with van der Waals surface area (Å²) in [5, 5.41) is 3.30. The molecule has 1 saturated carbocycles. The summed E-state index contributed by atoms with van der Waals surface area (Å²) in [5.74, 6) is 0.546. The van der Waals surface area contributed by atoms with Gasteiger partial charge in [-0.3, -0.25) is 0 Å². The van der Waals surface area contributed by atoms with Gasteiger partial charge in [-0.2, -0.15) is 0 Å². The highest BCUT2D eigenvalue weighted by molar-refractivity contribution is 7.89. The molecule has 2 rings (SSSR count). The van der Waals surface area contributed by atoms with Gasteiger partial charge in [-0.15, -0.1) is 0 Å². The van der Waals surface area contributed by atoms with Gasteiger partial charge in [-0.25, -0.2) is 13.1 Å².